The highest BCUT2D eigenvalue weighted by atomic mass is 32.2. The van der Waals surface area contributed by atoms with Crippen LogP contribution < -0.4 is 14.8 Å². The van der Waals surface area contributed by atoms with E-state index in [4.69, 9.17) is 14.7 Å². The summed E-state index contributed by atoms with van der Waals surface area (Å²) in [4.78, 5) is 15.6. The molecule has 8 heteroatoms. The molecule has 0 amide bonds. The number of ether oxygens (including phenoxy) is 2. The van der Waals surface area contributed by atoms with E-state index < -0.39 is 5.97 Å². The summed E-state index contributed by atoms with van der Waals surface area (Å²) in [6.07, 6.45) is 3.48. The van der Waals surface area contributed by atoms with Crippen LogP contribution in [-0.4, -0.2) is 35.7 Å². The molecule has 0 radical (unpaired) electrons. The lowest BCUT2D eigenvalue weighted by Gasteiger charge is -2.13. The van der Waals surface area contributed by atoms with Crippen LogP contribution in [0.2, 0.25) is 0 Å². The standard InChI is InChI=1S/C14H17N3O4S/c1-4-20-11-6-9(13(18)19)10(7-12(11)21-5-2)17-14(22-3)16-8-15/h6-7H,4-5H2,1-3H3,(H,16,17)(H,18,19). The van der Waals surface area contributed by atoms with Crippen molar-refractivity contribution in [3.05, 3.63) is 17.7 Å². The average Bonchev–Trinajstić information content (AvgIpc) is 2.49. The largest absolute Gasteiger partial charge is 0.490 e. The van der Waals surface area contributed by atoms with Gasteiger partial charge in [-0.25, -0.2) is 9.79 Å². The molecule has 0 heterocycles. The van der Waals surface area contributed by atoms with Crippen LogP contribution in [0.25, 0.3) is 0 Å². The summed E-state index contributed by atoms with van der Waals surface area (Å²) < 4.78 is 10.9. The van der Waals surface area contributed by atoms with Crippen molar-refractivity contribution in [1.29, 1.82) is 5.26 Å². The van der Waals surface area contributed by atoms with Crippen molar-refractivity contribution in [2.75, 3.05) is 19.5 Å². The van der Waals surface area contributed by atoms with Gasteiger partial charge in [0.05, 0.1) is 24.5 Å². The van der Waals surface area contributed by atoms with Crippen LogP contribution in [-0.2, 0) is 0 Å². The Bertz CT molecular complexity index is 611. The van der Waals surface area contributed by atoms with Crippen LogP contribution in [0, 0.1) is 11.5 Å². The first-order valence-corrected chi connectivity index (χ1v) is 7.74. The van der Waals surface area contributed by atoms with Gasteiger partial charge in [0, 0.05) is 12.1 Å². The molecule has 118 valence electrons. The molecule has 1 aromatic rings. The Morgan fingerprint density at radius 3 is 2.41 bits per heavy atom. The van der Waals surface area contributed by atoms with Crippen molar-refractivity contribution in [2.24, 2.45) is 4.99 Å². The molecule has 1 rings (SSSR count). The molecule has 0 aliphatic carbocycles. The molecule has 22 heavy (non-hydrogen) atoms. The van der Waals surface area contributed by atoms with E-state index in [9.17, 15) is 9.90 Å². The van der Waals surface area contributed by atoms with E-state index in [0.717, 1.165) is 0 Å². The number of carbonyl (C=O) groups is 1. The summed E-state index contributed by atoms with van der Waals surface area (Å²) in [5.74, 6) is -0.384. The molecule has 0 saturated carbocycles. The number of nitriles is 1. The molecule has 0 aliphatic heterocycles. The first-order chi connectivity index (χ1) is 10.6. The van der Waals surface area contributed by atoms with Gasteiger partial charge in [0.25, 0.3) is 0 Å². The van der Waals surface area contributed by atoms with Gasteiger partial charge in [-0.2, -0.15) is 5.26 Å². The van der Waals surface area contributed by atoms with Crippen LogP contribution in [0.15, 0.2) is 17.1 Å². The summed E-state index contributed by atoms with van der Waals surface area (Å²) in [7, 11) is 0. The highest BCUT2D eigenvalue weighted by Gasteiger charge is 2.17. The Hall–Kier alpha value is -2.40. The molecule has 1 aromatic carbocycles. The average molecular weight is 323 g/mol. The third-order valence-corrected chi connectivity index (χ3v) is 3.05. The van der Waals surface area contributed by atoms with Gasteiger partial charge in [-0.15, -0.1) is 0 Å². The zero-order chi connectivity index (χ0) is 16.5. The lowest BCUT2D eigenvalue weighted by Crippen LogP contribution is -2.13. The van der Waals surface area contributed by atoms with E-state index in [-0.39, 0.29) is 16.4 Å². The Morgan fingerprint density at radius 2 is 1.95 bits per heavy atom. The number of carboxylic acid groups (broad SMARTS) is 1. The minimum Gasteiger partial charge on any atom is -0.490 e. The quantitative estimate of drug-likeness (QED) is 0.359. The topological polar surface area (TPSA) is 104 Å². The second-order valence-corrected chi connectivity index (χ2v) is 4.64. The SMILES string of the molecule is CCOc1cc(N=C(NC#N)SC)c(C(=O)O)cc1OCC. The molecule has 0 saturated heterocycles. The third-order valence-electron chi connectivity index (χ3n) is 2.47. The van der Waals surface area contributed by atoms with E-state index >= 15 is 0 Å². The molecule has 0 fully saturated rings. The van der Waals surface area contributed by atoms with Gasteiger partial charge in [0.2, 0.25) is 0 Å². The van der Waals surface area contributed by atoms with Gasteiger partial charge in [-0.05, 0) is 20.1 Å². The monoisotopic (exact) mass is 323 g/mol. The first kappa shape index (κ1) is 17.7. The van der Waals surface area contributed by atoms with Crippen LogP contribution in [0.5, 0.6) is 11.5 Å². The predicted octanol–water partition coefficient (Wildman–Crippen LogP) is 2.60. The van der Waals surface area contributed by atoms with Gasteiger partial charge < -0.3 is 14.6 Å². The maximum atomic E-state index is 11.4. The van der Waals surface area contributed by atoms with Gasteiger partial charge in [-0.3, -0.25) is 5.32 Å². The summed E-state index contributed by atoms with van der Waals surface area (Å²) in [6.45, 7) is 4.40. The van der Waals surface area contributed by atoms with Gasteiger partial charge >= 0.3 is 5.97 Å². The number of aromatic carboxylic acids is 1. The molecule has 0 bridgehead atoms. The fourth-order valence-corrected chi connectivity index (χ4v) is 1.97. The van der Waals surface area contributed by atoms with Crippen molar-refractivity contribution in [3.8, 4) is 17.7 Å². The van der Waals surface area contributed by atoms with Crippen molar-refractivity contribution in [1.82, 2.24) is 5.32 Å². The number of aliphatic imine (C=N–C) groups is 1. The molecule has 0 aromatic heterocycles. The minimum atomic E-state index is -1.14. The molecule has 0 aliphatic rings. The summed E-state index contributed by atoms with van der Waals surface area (Å²) in [6, 6.07) is 2.87. The molecule has 0 atom stereocenters. The minimum absolute atomic E-state index is 0.0295. The maximum Gasteiger partial charge on any atom is 0.338 e. The number of thioether (sulfide) groups is 1. The Kier molecular flexibility index (Phi) is 7.05. The number of rotatable bonds is 6. The smallest absolute Gasteiger partial charge is 0.338 e. The van der Waals surface area contributed by atoms with E-state index in [1.807, 2.05) is 6.92 Å². The first-order valence-electron chi connectivity index (χ1n) is 6.52. The number of nitrogens with one attached hydrogen (secondary N) is 1. The van der Waals surface area contributed by atoms with E-state index in [2.05, 4.69) is 10.3 Å². The number of carboxylic acids is 1. The number of amidine groups is 1. The molecule has 7 nitrogen and oxygen atoms in total. The van der Waals surface area contributed by atoms with Gasteiger partial charge in [0.1, 0.15) is 0 Å². The predicted molar refractivity (Wildman–Crippen MR) is 85.1 cm³/mol. The Labute approximate surface area is 132 Å². The van der Waals surface area contributed by atoms with E-state index in [1.165, 1.54) is 23.9 Å². The second-order valence-electron chi connectivity index (χ2n) is 3.85. The van der Waals surface area contributed by atoms with E-state index in [1.54, 1.807) is 19.4 Å². The third kappa shape index (κ3) is 4.56. The lowest BCUT2D eigenvalue weighted by atomic mass is 10.1. The number of nitrogens with zero attached hydrogens (tertiary/aromatic N) is 2. The van der Waals surface area contributed by atoms with Gasteiger partial charge in [0.15, 0.2) is 22.9 Å². The number of hydrogen-bond acceptors (Lipinski definition) is 6. The van der Waals surface area contributed by atoms with Crippen LogP contribution >= 0.6 is 11.8 Å². The second kappa shape index (κ2) is 8.79. The highest BCUT2D eigenvalue weighted by Crippen LogP contribution is 2.35. The zero-order valence-corrected chi connectivity index (χ0v) is 13.4. The van der Waals surface area contributed by atoms with Crippen molar-refractivity contribution in [3.63, 3.8) is 0 Å². The van der Waals surface area contributed by atoms with Crippen LogP contribution in [0.3, 0.4) is 0 Å². The van der Waals surface area contributed by atoms with Crippen molar-refractivity contribution in [2.45, 2.75) is 13.8 Å². The summed E-state index contributed by atoms with van der Waals surface area (Å²) in [5.41, 5.74) is 0.157. The molecular formula is C14H17N3O4S. The van der Waals surface area contributed by atoms with Crippen molar-refractivity contribution < 1.29 is 19.4 Å². The lowest BCUT2D eigenvalue weighted by molar-refractivity contribution is 0.0697. The summed E-state index contributed by atoms with van der Waals surface area (Å²) in [5, 5.41) is 20.7. The number of hydrogen-bond donors (Lipinski definition) is 2. The van der Waals surface area contributed by atoms with Crippen molar-refractivity contribution >= 4 is 28.6 Å². The molecule has 0 spiro atoms. The normalized spacial score (nSPS) is 10.7. The highest BCUT2D eigenvalue weighted by molar-refractivity contribution is 8.13. The van der Waals surface area contributed by atoms with Gasteiger partial charge in [-0.1, -0.05) is 11.8 Å². The molecular weight excluding hydrogens is 306 g/mol. The fourth-order valence-electron chi connectivity index (χ4n) is 1.63. The molecule has 2 N–H and O–H groups in total. The number of benzene rings is 1. The van der Waals surface area contributed by atoms with E-state index in [0.29, 0.717) is 24.7 Å². The zero-order valence-electron chi connectivity index (χ0n) is 12.5. The van der Waals surface area contributed by atoms with Crippen LogP contribution in [0.4, 0.5) is 5.69 Å². The fraction of sp³-hybridized carbons (Fsp3) is 0.357. The Morgan fingerprint density at radius 1 is 1.36 bits per heavy atom. The maximum absolute atomic E-state index is 11.4. The molecule has 0 unspecified atom stereocenters. The van der Waals surface area contributed by atoms with Crippen LogP contribution in [0.1, 0.15) is 24.2 Å². The summed E-state index contributed by atoms with van der Waals surface area (Å²) >= 11 is 1.19. The Balaban J connectivity index is 3.43.